The van der Waals surface area contributed by atoms with Gasteiger partial charge in [0, 0.05) is 0 Å². The van der Waals surface area contributed by atoms with Gasteiger partial charge in [-0.15, -0.1) is 0 Å². The average Bonchev–Trinajstić information content (AvgIpc) is 2.31. The molecular weight excluding hydrogens is 214 g/mol. The summed E-state index contributed by atoms with van der Waals surface area (Å²) >= 11 is 2.13. The molecule has 0 fully saturated rings. The van der Waals surface area contributed by atoms with E-state index in [1.165, 1.54) is 76.0 Å². The summed E-state index contributed by atoms with van der Waals surface area (Å²) in [5.74, 6) is 2.70. The van der Waals surface area contributed by atoms with E-state index >= 15 is 0 Å². The zero-order valence-electron chi connectivity index (χ0n) is 11.4. The molecule has 0 radical (unpaired) electrons. The van der Waals surface area contributed by atoms with E-state index in [0.717, 1.165) is 0 Å². The molecule has 0 saturated carbocycles. The highest BCUT2D eigenvalue weighted by atomic mass is 32.2. The summed E-state index contributed by atoms with van der Waals surface area (Å²) in [6.07, 6.45) is 11.0. The van der Waals surface area contributed by atoms with Crippen molar-refractivity contribution in [1.29, 1.82) is 0 Å². The Kier molecular flexibility index (Phi) is 15.6. The fraction of sp³-hybridized carbons (Fsp3) is 1.00. The van der Waals surface area contributed by atoms with Crippen molar-refractivity contribution in [2.24, 2.45) is 0 Å². The predicted molar refractivity (Wildman–Crippen MR) is 78.5 cm³/mol. The molecule has 0 aromatic heterocycles. The van der Waals surface area contributed by atoms with Gasteiger partial charge >= 0.3 is 0 Å². The highest BCUT2D eigenvalue weighted by Gasteiger charge is 1.91. The van der Waals surface area contributed by atoms with Gasteiger partial charge in [0.2, 0.25) is 0 Å². The highest BCUT2D eigenvalue weighted by molar-refractivity contribution is 7.99. The van der Waals surface area contributed by atoms with Gasteiger partial charge in [-0.05, 0) is 43.9 Å². The number of thioether (sulfide) groups is 1. The first-order valence-electron chi connectivity index (χ1n) is 7.20. The van der Waals surface area contributed by atoms with Crippen molar-refractivity contribution in [1.82, 2.24) is 5.32 Å². The minimum atomic E-state index is 1.22. The molecule has 0 aromatic rings. The lowest BCUT2D eigenvalue weighted by Crippen LogP contribution is -2.17. The number of unbranched alkanes of at least 4 members (excludes halogenated alkanes) is 5. The van der Waals surface area contributed by atoms with Gasteiger partial charge in [0.25, 0.3) is 0 Å². The fourth-order valence-electron chi connectivity index (χ4n) is 1.66. The second-order valence-electron chi connectivity index (χ2n) is 4.48. The molecule has 0 rings (SSSR count). The van der Waals surface area contributed by atoms with Crippen LogP contribution in [0, 0.1) is 0 Å². The van der Waals surface area contributed by atoms with Crippen LogP contribution >= 0.6 is 11.8 Å². The van der Waals surface area contributed by atoms with Crippen LogP contribution in [0.5, 0.6) is 0 Å². The second-order valence-corrected chi connectivity index (χ2v) is 5.71. The molecule has 0 saturated heterocycles. The monoisotopic (exact) mass is 245 g/mol. The van der Waals surface area contributed by atoms with E-state index < -0.39 is 0 Å². The zero-order chi connectivity index (χ0) is 11.9. The molecule has 16 heavy (non-hydrogen) atoms. The molecule has 0 unspecified atom stereocenters. The molecule has 1 nitrogen and oxygen atoms in total. The lowest BCUT2D eigenvalue weighted by Gasteiger charge is -2.04. The first kappa shape index (κ1) is 16.3. The maximum Gasteiger partial charge on any atom is -0.00411 e. The summed E-state index contributed by atoms with van der Waals surface area (Å²) in [5.41, 5.74) is 0. The van der Waals surface area contributed by atoms with Crippen LogP contribution in [0.15, 0.2) is 0 Å². The molecule has 0 aliphatic heterocycles. The van der Waals surface area contributed by atoms with E-state index in [1.54, 1.807) is 0 Å². The van der Waals surface area contributed by atoms with E-state index in [0.29, 0.717) is 0 Å². The number of hydrogen-bond donors (Lipinski definition) is 1. The Morgan fingerprint density at radius 1 is 0.688 bits per heavy atom. The van der Waals surface area contributed by atoms with Crippen molar-refractivity contribution in [2.75, 3.05) is 24.6 Å². The lowest BCUT2D eigenvalue weighted by molar-refractivity contribution is 0.596. The summed E-state index contributed by atoms with van der Waals surface area (Å²) in [5, 5.41) is 3.53. The predicted octanol–water partition coefficient (Wildman–Crippen LogP) is 4.47. The summed E-state index contributed by atoms with van der Waals surface area (Å²) in [6, 6.07) is 0. The van der Waals surface area contributed by atoms with Crippen LogP contribution < -0.4 is 5.32 Å². The molecule has 0 aliphatic rings. The van der Waals surface area contributed by atoms with E-state index in [9.17, 15) is 0 Å². The molecule has 1 N–H and O–H groups in total. The third-order valence-corrected chi connectivity index (χ3v) is 3.90. The Labute approximate surface area is 107 Å². The van der Waals surface area contributed by atoms with Crippen LogP contribution in [0.25, 0.3) is 0 Å². The van der Waals surface area contributed by atoms with Gasteiger partial charge in [0.1, 0.15) is 0 Å². The SMILES string of the molecule is CCCCCCNCCCSCCCCC. The Bertz CT molecular complexity index is 103. The van der Waals surface area contributed by atoms with Crippen LogP contribution in [-0.2, 0) is 0 Å². The van der Waals surface area contributed by atoms with E-state index in [4.69, 9.17) is 0 Å². The molecular formula is C14H31NS. The van der Waals surface area contributed by atoms with Crippen LogP contribution in [0.3, 0.4) is 0 Å². The Morgan fingerprint density at radius 3 is 2.06 bits per heavy atom. The third kappa shape index (κ3) is 14.3. The quantitative estimate of drug-likeness (QED) is 0.481. The van der Waals surface area contributed by atoms with Crippen molar-refractivity contribution >= 4 is 11.8 Å². The smallest absolute Gasteiger partial charge is 0.00411 e. The van der Waals surface area contributed by atoms with Crippen molar-refractivity contribution in [3.63, 3.8) is 0 Å². The topological polar surface area (TPSA) is 12.0 Å². The normalized spacial score (nSPS) is 10.9. The van der Waals surface area contributed by atoms with Gasteiger partial charge in [0.05, 0.1) is 0 Å². The third-order valence-electron chi connectivity index (χ3n) is 2.74. The molecule has 0 atom stereocenters. The largest absolute Gasteiger partial charge is 0.317 e. The van der Waals surface area contributed by atoms with Crippen LogP contribution in [0.4, 0.5) is 0 Å². The van der Waals surface area contributed by atoms with Gasteiger partial charge < -0.3 is 5.32 Å². The van der Waals surface area contributed by atoms with E-state index in [-0.39, 0.29) is 0 Å². The van der Waals surface area contributed by atoms with E-state index in [2.05, 4.69) is 30.9 Å². The van der Waals surface area contributed by atoms with Crippen molar-refractivity contribution in [3.05, 3.63) is 0 Å². The van der Waals surface area contributed by atoms with Crippen molar-refractivity contribution in [2.45, 2.75) is 65.2 Å². The first-order valence-corrected chi connectivity index (χ1v) is 8.35. The second kappa shape index (κ2) is 15.3. The van der Waals surface area contributed by atoms with Crippen LogP contribution in [-0.4, -0.2) is 24.6 Å². The number of rotatable bonds is 13. The fourth-order valence-corrected chi connectivity index (χ4v) is 2.62. The maximum atomic E-state index is 3.53. The van der Waals surface area contributed by atoms with Gasteiger partial charge in [-0.3, -0.25) is 0 Å². The summed E-state index contributed by atoms with van der Waals surface area (Å²) in [6.45, 7) is 6.98. The molecule has 98 valence electrons. The maximum absolute atomic E-state index is 3.53. The van der Waals surface area contributed by atoms with Gasteiger partial charge in [-0.25, -0.2) is 0 Å². The minimum absolute atomic E-state index is 1.22. The standard InChI is InChI=1S/C14H31NS/c1-3-5-7-8-11-15-12-10-14-16-13-9-6-4-2/h15H,3-14H2,1-2H3. The Morgan fingerprint density at radius 2 is 1.31 bits per heavy atom. The van der Waals surface area contributed by atoms with E-state index in [1.807, 2.05) is 0 Å². The van der Waals surface area contributed by atoms with Gasteiger partial charge in [0.15, 0.2) is 0 Å². The molecule has 0 spiro atoms. The van der Waals surface area contributed by atoms with Crippen molar-refractivity contribution < 1.29 is 0 Å². The molecule has 2 heteroatoms. The van der Waals surface area contributed by atoms with Crippen LogP contribution in [0.2, 0.25) is 0 Å². The molecule has 0 bridgehead atoms. The average molecular weight is 245 g/mol. The lowest BCUT2D eigenvalue weighted by atomic mass is 10.2. The highest BCUT2D eigenvalue weighted by Crippen LogP contribution is 2.07. The van der Waals surface area contributed by atoms with Gasteiger partial charge in [-0.2, -0.15) is 11.8 Å². The molecule has 0 aromatic carbocycles. The summed E-state index contributed by atoms with van der Waals surface area (Å²) in [7, 11) is 0. The first-order chi connectivity index (χ1) is 7.91. The molecule has 0 aliphatic carbocycles. The van der Waals surface area contributed by atoms with Crippen molar-refractivity contribution in [3.8, 4) is 0 Å². The minimum Gasteiger partial charge on any atom is -0.317 e. The number of hydrogen-bond acceptors (Lipinski definition) is 2. The Balaban J connectivity index is 2.83. The number of nitrogens with one attached hydrogen (secondary N) is 1. The molecule has 0 heterocycles. The summed E-state index contributed by atoms with van der Waals surface area (Å²) < 4.78 is 0. The Hall–Kier alpha value is 0.310. The molecule has 0 amide bonds. The van der Waals surface area contributed by atoms with Gasteiger partial charge in [-0.1, -0.05) is 46.0 Å². The summed E-state index contributed by atoms with van der Waals surface area (Å²) in [4.78, 5) is 0. The van der Waals surface area contributed by atoms with Crippen LogP contribution in [0.1, 0.15) is 65.2 Å². The zero-order valence-corrected chi connectivity index (χ0v) is 12.2.